The van der Waals surface area contributed by atoms with E-state index in [0.29, 0.717) is 0 Å². The molecule has 16 nitrogen and oxygen atoms in total. The Morgan fingerprint density at radius 1 is 0.338 bits per heavy atom. The van der Waals surface area contributed by atoms with Crippen molar-refractivity contribution in [3.8, 4) is 0 Å². The Bertz CT molecular complexity index is 1890. The topological polar surface area (TPSA) is 107 Å². The standard InChI is InChI=1S/C17H27N3.C16H26N4.C13H20N4.C12H19N5.3C2H6/c1-3-7-17(8-4-1)20-15-13-19(14-16-20)12-11-18-9-5-2-6-10-18;1-2-4-16(5-3-1)20-14-12-19(13-15-20)11-10-18-8-6-17-7-9-18;1-2-4-15-13(3-1)17-7-5-16(6-8-17)11-12-9-14-10-12;1-2-14-12(15-3-1)17-6-4-16(5-7-17)10-11-8-13-9-11;3*1-2/h1,3-4,7-8H,2,5-6,9-16H2;1-5,17H,6-15H2;1-4,12,14H,5-11H2;1-3,11,13H,4-10H2;3*1-2H3. The molecule has 8 fully saturated rings. The average Bonchev–Trinajstić information content (AvgIpc) is 3.54. The molecular formula is C64H110N16. The van der Waals surface area contributed by atoms with Crippen molar-refractivity contribution in [2.24, 2.45) is 11.8 Å². The number of nitrogens with one attached hydrogen (secondary N) is 3. The molecule has 2 aromatic heterocycles. The first kappa shape index (κ1) is 64.7. The Morgan fingerprint density at radius 3 is 1.12 bits per heavy atom. The molecule has 0 atom stereocenters. The first-order valence-electron chi connectivity index (χ1n) is 31.9. The second-order valence-corrected chi connectivity index (χ2v) is 21.7. The van der Waals surface area contributed by atoms with E-state index >= 15 is 0 Å². The molecular weight excluding hydrogens is 993 g/mol. The minimum absolute atomic E-state index is 0.870. The third kappa shape index (κ3) is 23.0. The highest BCUT2D eigenvalue weighted by Crippen LogP contribution is 2.19. The van der Waals surface area contributed by atoms with Gasteiger partial charge in [-0.05, 0) is 80.2 Å². The quantitative estimate of drug-likeness (QED) is 0.131. The molecule has 12 rings (SSSR count). The van der Waals surface area contributed by atoms with E-state index in [-0.39, 0.29) is 0 Å². The zero-order valence-electron chi connectivity index (χ0n) is 51.0. The number of para-hydroxylation sites is 2. The molecule has 8 aliphatic rings. The largest absolute Gasteiger partial charge is 0.369 e. The second-order valence-electron chi connectivity index (χ2n) is 21.7. The summed E-state index contributed by atoms with van der Waals surface area (Å²) >= 11 is 0. The Labute approximate surface area is 486 Å². The molecule has 8 aliphatic heterocycles. The molecule has 0 radical (unpaired) electrons. The first-order chi connectivity index (χ1) is 39.7. The van der Waals surface area contributed by atoms with Crippen LogP contribution in [0.25, 0.3) is 0 Å². The molecule has 0 aliphatic carbocycles. The molecule has 0 saturated carbocycles. The summed E-state index contributed by atoms with van der Waals surface area (Å²) in [5.41, 5.74) is 2.75. The van der Waals surface area contributed by atoms with Crippen LogP contribution in [0.1, 0.15) is 60.8 Å². The number of hydrogen-bond acceptors (Lipinski definition) is 16. The summed E-state index contributed by atoms with van der Waals surface area (Å²) in [4.78, 5) is 38.3. The van der Waals surface area contributed by atoms with E-state index in [4.69, 9.17) is 0 Å². The minimum Gasteiger partial charge on any atom is -0.369 e. The lowest BCUT2D eigenvalue weighted by atomic mass is 10.0. The van der Waals surface area contributed by atoms with Crippen molar-refractivity contribution in [1.29, 1.82) is 0 Å². The molecule has 0 spiro atoms. The van der Waals surface area contributed by atoms with E-state index in [1.54, 1.807) is 0 Å². The number of hydrogen-bond donors (Lipinski definition) is 3. The summed E-state index contributed by atoms with van der Waals surface area (Å²) in [5, 5.41) is 10.1. The van der Waals surface area contributed by atoms with Gasteiger partial charge in [-0.1, -0.05) is 90.4 Å². The lowest BCUT2D eigenvalue weighted by Gasteiger charge is -2.39. The summed E-state index contributed by atoms with van der Waals surface area (Å²) in [6.07, 6.45) is 9.75. The lowest BCUT2D eigenvalue weighted by molar-refractivity contribution is 0.177. The van der Waals surface area contributed by atoms with Gasteiger partial charge in [0.25, 0.3) is 0 Å². The van der Waals surface area contributed by atoms with E-state index in [1.165, 1.54) is 175 Å². The zero-order valence-corrected chi connectivity index (χ0v) is 51.0. The monoisotopic (exact) mass is 1100 g/mol. The maximum absolute atomic E-state index is 4.41. The van der Waals surface area contributed by atoms with Gasteiger partial charge in [-0.15, -0.1) is 0 Å². The predicted molar refractivity (Wildman–Crippen MR) is 340 cm³/mol. The van der Waals surface area contributed by atoms with Crippen LogP contribution >= 0.6 is 0 Å². The number of nitrogens with zero attached hydrogens (tertiary/aromatic N) is 13. The fraction of sp³-hybridized carbons (Fsp3) is 0.672. The number of likely N-dealkylation sites (tertiary alicyclic amines) is 1. The van der Waals surface area contributed by atoms with Gasteiger partial charge in [-0.3, -0.25) is 24.5 Å². The SMILES string of the molecule is CC.CC.CC.c1ccc(N2CCN(CC3CNC3)CC2)nc1.c1ccc(N2CCN(CCN3CCCCC3)CC2)cc1.c1ccc(N2CCN(CCN3CCNCC3)CC2)cc1.c1cnc(N2CCN(CC3CNC3)CC2)nc1. The normalized spacial score (nSPS) is 20.8. The van der Waals surface area contributed by atoms with Crippen LogP contribution in [0.3, 0.4) is 0 Å². The maximum atomic E-state index is 4.41. The van der Waals surface area contributed by atoms with Gasteiger partial charge in [0, 0.05) is 226 Å². The molecule has 0 bridgehead atoms. The third-order valence-electron chi connectivity index (χ3n) is 16.4. The van der Waals surface area contributed by atoms with Gasteiger partial charge >= 0.3 is 0 Å². The molecule has 80 heavy (non-hydrogen) atoms. The average molecular weight is 1100 g/mol. The van der Waals surface area contributed by atoms with Crippen LogP contribution in [-0.2, 0) is 0 Å². The molecule has 4 aromatic rings. The van der Waals surface area contributed by atoms with Gasteiger partial charge in [0.2, 0.25) is 5.95 Å². The Balaban J connectivity index is 0.000000167. The van der Waals surface area contributed by atoms with Gasteiger partial charge in [0.05, 0.1) is 0 Å². The third-order valence-corrected chi connectivity index (χ3v) is 16.4. The first-order valence-corrected chi connectivity index (χ1v) is 31.9. The van der Waals surface area contributed by atoms with Crippen molar-refractivity contribution in [3.63, 3.8) is 0 Å². The molecule has 0 amide bonds. The van der Waals surface area contributed by atoms with Crippen molar-refractivity contribution in [3.05, 3.63) is 104 Å². The highest BCUT2D eigenvalue weighted by atomic mass is 15.3. The number of anilines is 4. The number of rotatable bonds is 14. The highest BCUT2D eigenvalue weighted by Gasteiger charge is 2.26. The van der Waals surface area contributed by atoms with Crippen LogP contribution in [-0.4, -0.2) is 254 Å². The highest BCUT2D eigenvalue weighted by molar-refractivity contribution is 5.47. The summed E-state index contributed by atoms with van der Waals surface area (Å²) in [5.74, 6) is 3.75. The van der Waals surface area contributed by atoms with Crippen molar-refractivity contribution in [2.45, 2.75) is 60.8 Å². The minimum atomic E-state index is 0.870. The maximum Gasteiger partial charge on any atom is 0.225 e. The Morgan fingerprint density at radius 2 is 0.713 bits per heavy atom. The Kier molecular flexibility index (Phi) is 31.6. The number of piperidine rings is 1. The number of aromatic nitrogens is 3. The van der Waals surface area contributed by atoms with E-state index < -0.39 is 0 Å². The van der Waals surface area contributed by atoms with Gasteiger partial charge in [0.1, 0.15) is 5.82 Å². The molecule has 2 aromatic carbocycles. The smallest absolute Gasteiger partial charge is 0.225 e. The molecule has 10 heterocycles. The zero-order chi connectivity index (χ0) is 56.2. The van der Waals surface area contributed by atoms with Gasteiger partial charge in [-0.25, -0.2) is 15.0 Å². The van der Waals surface area contributed by atoms with Crippen LogP contribution in [0.2, 0.25) is 0 Å². The van der Waals surface area contributed by atoms with Crippen molar-refractivity contribution in [2.75, 3.05) is 229 Å². The van der Waals surface area contributed by atoms with Gasteiger partial charge in [-0.2, -0.15) is 0 Å². The molecule has 0 unspecified atom stereocenters. The van der Waals surface area contributed by atoms with Gasteiger partial charge < -0.3 is 40.4 Å². The molecule has 446 valence electrons. The van der Waals surface area contributed by atoms with Crippen LogP contribution in [0.15, 0.2) is 104 Å². The fourth-order valence-corrected chi connectivity index (χ4v) is 11.4. The second kappa shape index (κ2) is 39.1. The number of benzene rings is 2. The van der Waals surface area contributed by atoms with Gasteiger partial charge in [0.15, 0.2) is 0 Å². The lowest BCUT2D eigenvalue weighted by Crippen LogP contribution is -2.53. The van der Waals surface area contributed by atoms with E-state index in [9.17, 15) is 0 Å². The summed E-state index contributed by atoms with van der Waals surface area (Å²) in [6.45, 7) is 50.1. The fourth-order valence-electron chi connectivity index (χ4n) is 11.4. The molecule has 16 heteroatoms. The van der Waals surface area contributed by atoms with Crippen molar-refractivity contribution < 1.29 is 0 Å². The molecule has 8 saturated heterocycles. The molecule has 3 N–H and O–H groups in total. The van der Waals surface area contributed by atoms with E-state index in [1.807, 2.05) is 72.3 Å². The summed E-state index contributed by atoms with van der Waals surface area (Å²) in [7, 11) is 0. The summed E-state index contributed by atoms with van der Waals surface area (Å²) in [6, 6.07) is 29.6. The predicted octanol–water partition coefficient (Wildman–Crippen LogP) is 6.33. The van der Waals surface area contributed by atoms with Crippen molar-refractivity contribution in [1.82, 2.24) is 60.3 Å². The van der Waals surface area contributed by atoms with Crippen LogP contribution in [0, 0.1) is 11.8 Å². The van der Waals surface area contributed by atoms with E-state index in [2.05, 4.69) is 153 Å². The van der Waals surface area contributed by atoms with Crippen LogP contribution < -0.4 is 35.6 Å². The van der Waals surface area contributed by atoms with Crippen LogP contribution in [0.4, 0.5) is 23.1 Å². The number of pyridine rings is 1. The van der Waals surface area contributed by atoms with Crippen LogP contribution in [0.5, 0.6) is 0 Å². The summed E-state index contributed by atoms with van der Waals surface area (Å²) < 4.78 is 0. The van der Waals surface area contributed by atoms with Crippen molar-refractivity contribution >= 4 is 23.1 Å². The Hall–Kier alpha value is -4.49. The van der Waals surface area contributed by atoms with E-state index in [0.717, 1.165) is 89.0 Å². The number of piperazine rings is 5.